The van der Waals surface area contributed by atoms with E-state index in [1.807, 2.05) is 61.7 Å². The first-order chi connectivity index (χ1) is 16.6. The number of H-pyrrole nitrogens is 1. The summed E-state index contributed by atoms with van der Waals surface area (Å²) in [6, 6.07) is 17.0. The van der Waals surface area contributed by atoms with Gasteiger partial charge in [-0.25, -0.2) is 0 Å². The Morgan fingerprint density at radius 1 is 1.12 bits per heavy atom. The van der Waals surface area contributed by atoms with Gasteiger partial charge in [-0.1, -0.05) is 24.3 Å². The van der Waals surface area contributed by atoms with Crippen LogP contribution in [0.3, 0.4) is 0 Å². The maximum atomic E-state index is 13.4. The quantitative estimate of drug-likeness (QED) is 0.386. The molecule has 0 saturated heterocycles. The third kappa shape index (κ3) is 4.06. The summed E-state index contributed by atoms with van der Waals surface area (Å²) in [5.74, 6) is 1.58. The van der Waals surface area contributed by atoms with Crippen molar-refractivity contribution in [1.82, 2.24) is 10.3 Å². The molecule has 0 spiro atoms. The third-order valence-corrected chi connectivity index (χ3v) is 6.13. The number of para-hydroxylation sites is 1. The van der Waals surface area contributed by atoms with E-state index in [1.54, 1.807) is 13.2 Å². The van der Waals surface area contributed by atoms with Crippen molar-refractivity contribution in [3.8, 4) is 28.4 Å². The van der Waals surface area contributed by atoms with Gasteiger partial charge in [-0.2, -0.15) is 0 Å². The van der Waals surface area contributed by atoms with Crippen LogP contribution in [-0.2, 0) is 6.42 Å². The lowest BCUT2D eigenvalue weighted by molar-refractivity contribution is 0.0913. The number of aromatic amines is 1. The molecule has 174 valence electrons. The lowest BCUT2D eigenvalue weighted by Gasteiger charge is -2.19. The first-order valence-corrected chi connectivity index (χ1v) is 11.1. The van der Waals surface area contributed by atoms with Crippen molar-refractivity contribution in [2.75, 3.05) is 20.5 Å². The number of aliphatic hydroxyl groups is 1. The molecule has 7 nitrogen and oxygen atoms in total. The molecule has 0 aliphatic carbocycles. The zero-order valence-electron chi connectivity index (χ0n) is 19.1. The van der Waals surface area contributed by atoms with Gasteiger partial charge >= 0.3 is 0 Å². The molecule has 7 heteroatoms. The number of carbonyl (C=O) groups excluding carboxylic acids is 1. The molecule has 0 unspecified atom stereocenters. The maximum absolute atomic E-state index is 13.4. The summed E-state index contributed by atoms with van der Waals surface area (Å²) < 4.78 is 16.5. The van der Waals surface area contributed by atoms with E-state index in [9.17, 15) is 9.90 Å². The van der Waals surface area contributed by atoms with Crippen LogP contribution in [0.25, 0.3) is 22.0 Å². The fraction of sp³-hybridized carbons (Fsp3) is 0.222. The molecule has 0 fully saturated rings. The number of carbonyl (C=O) groups is 1. The fourth-order valence-electron chi connectivity index (χ4n) is 4.45. The highest BCUT2D eigenvalue weighted by molar-refractivity contribution is 5.99. The molecule has 1 amide bonds. The van der Waals surface area contributed by atoms with Crippen LogP contribution in [0.4, 0.5) is 0 Å². The highest BCUT2D eigenvalue weighted by atomic mass is 16.7. The first kappa shape index (κ1) is 21.9. The van der Waals surface area contributed by atoms with Gasteiger partial charge in [-0.05, 0) is 65.9 Å². The van der Waals surface area contributed by atoms with Crippen LogP contribution in [0.5, 0.6) is 17.2 Å². The van der Waals surface area contributed by atoms with Crippen LogP contribution in [0.1, 0.15) is 21.5 Å². The van der Waals surface area contributed by atoms with Gasteiger partial charge in [0.25, 0.3) is 5.91 Å². The molecule has 2 heterocycles. The van der Waals surface area contributed by atoms with E-state index in [1.165, 1.54) is 0 Å². The van der Waals surface area contributed by atoms with E-state index in [-0.39, 0.29) is 19.3 Å². The highest BCUT2D eigenvalue weighted by Gasteiger charge is 2.22. The number of aromatic nitrogens is 1. The molecular weight excluding hydrogens is 432 g/mol. The van der Waals surface area contributed by atoms with Crippen LogP contribution in [0.2, 0.25) is 0 Å². The molecule has 0 saturated carbocycles. The summed E-state index contributed by atoms with van der Waals surface area (Å²) in [4.78, 5) is 16.6. The van der Waals surface area contributed by atoms with Gasteiger partial charge in [-0.3, -0.25) is 4.79 Å². The molecule has 5 rings (SSSR count). The molecule has 1 aliphatic rings. The Bertz CT molecular complexity index is 1360. The monoisotopic (exact) mass is 458 g/mol. The predicted molar refractivity (Wildman–Crippen MR) is 130 cm³/mol. The van der Waals surface area contributed by atoms with E-state index in [0.717, 1.165) is 33.2 Å². The number of fused-ring (bicyclic) bond motifs is 2. The summed E-state index contributed by atoms with van der Waals surface area (Å²) in [6.07, 6.45) is 2.42. The van der Waals surface area contributed by atoms with Crippen molar-refractivity contribution in [3.63, 3.8) is 0 Å². The molecule has 1 aromatic heterocycles. The zero-order valence-corrected chi connectivity index (χ0v) is 19.1. The van der Waals surface area contributed by atoms with Crippen molar-refractivity contribution in [3.05, 3.63) is 77.5 Å². The van der Waals surface area contributed by atoms with E-state index >= 15 is 0 Å². The Morgan fingerprint density at radius 2 is 1.94 bits per heavy atom. The maximum Gasteiger partial charge on any atom is 0.255 e. The summed E-state index contributed by atoms with van der Waals surface area (Å²) in [6.45, 7) is 1.92. The van der Waals surface area contributed by atoms with Gasteiger partial charge < -0.3 is 29.6 Å². The minimum Gasteiger partial charge on any atom is -0.496 e. The largest absolute Gasteiger partial charge is 0.496 e. The van der Waals surface area contributed by atoms with Crippen LogP contribution in [-0.4, -0.2) is 42.5 Å². The third-order valence-electron chi connectivity index (χ3n) is 6.13. The van der Waals surface area contributed by atoms with Crippen LogP contribution in [0.15, 0.2) is 60.8 Å². The molecule has 3 aromatic carbocycles. The van der Waals surface area contributed by atoms with Crippen molar-refractivity contribution in [2.24, 2.45) is 0 Å². The number of amides is 1. The molecule has 0 bridgehead atoms. The number of rotatable bonds is 7. The van der Waals surface area contributed by atoms with E-state index < -0.39 is 6.04 Å². The summed E-state index contributed by atoms with van der Waals surface area (Å²) in [5, 5.41) is 14.1. The Balaban J connectivity index is 1.42. The van der Waals surface area contributed by atoms with Gasteiger partial charge in [0, 0.05) is 17.1 Å². The topological polar surface area (TPSA) is 92.8 Å². The molecule has 1 atom stereocenters. The second kappa shape index (κ2) is 9.11. The van der Waals surface area contributed by atoms with Crippen molar-refractivity contribution in [2.45, 2.75) is 19.4 Å². The Morgan fingerprint density at radius 3 is 2.76 bits per heavy atom. The summed E-state index contributed by atoms with van der Waals surface area (Å²) in [5.41, 5.74) is 5.06. The number of aryl methyl sites for hydroxylation is 1. The van der Waals surface area contributed by atoms with Crippen molar-refractivity contribution in [1.29, 1.82) is 0 Å². The Kier molecular flexibility index (Phi) is 5.86. The lowest BCUT2D eigenvalue weighted by Crippen LogP contribution is -2.39. The average molecular weight is 459 g/mol. The zero-order chi connectivity index (χ0) is 23.7. The second-order valence-electron chi connectivity index (χ2n) is 8.36. The standard InChI is InChI=1S/C27H26N2O5/c1-16-9-18(17-7-8-24-25(12-17)34-15-33-24)11-22(26(16)32-2)27(31)29-20(14-30)10-19-13-28-23-6-4-3-5-21(19)23/h3-9,11-13,20,28,30H,10,14-15H2,1-2H3,(H,29,31)/t20-/m1/s1. The van der Waals surface area contributed by atoms with Crippen LogP contribution < -0.4 is 19.5 Å². The van der Waals surface area contributed by atoms with Gasteiger partial charge in [0.1, 0.15) is 5.75 Å². The highest BCUT2D eigenvalue weighted by Crippen LogP contribution is 2.38. The lowest BCUT2D eigenvalue weighted by atomic mass is 9.98. The Hall–Kier alpha value is -3.97. The second-order valence-corrected chi connectivity index (χ2v) is 8.36. The summed E-state index contributed by atoms with van der Waals surface area (Å²) >= 11 is 0. The summed E-state index contributed by atoms with van der Waals surface area (Å²) in [7, 11) is 1.55. The smallest absolute Gasteiger partial charge is 0.255 e. The molecule has 4 aromatic rings. The molecule has 0 radical (unpaired) electrons. The molecule has 1 aliphatic heterocycles. The minimum atomic E-state index is -0.453. The van der Waals surface area contributed by atoms with Gasteiger partial charge in [0.2, 0.25) is 6.79 Å². The predicted octanol–water partition coefficient (Wildman–Crippen LogP) is 4.21. The van der Waals surface area contributed by atoms with E-state index in [4.69, 9.17) is 14.2 Å². The normalized spacial score (nSPS) is 13.1. The first-order valence-electron chi connectivity index (χ1n) is 11.1. The SMILES string of the molecule is COc1c(C)cc(-c2ccc3c(c2)OCO3)cc1C(=O)N[C@@H](CO)Cc1c[nH]c2ccccc12. The number of hydrogen-bond donors (Lipinski definition) is 3. The van der Waals surface area contributed by atoms with E-state index in [0.29, 0.717) is 29.2 Å². The Labute approximate surface area is 197 Å². The van der Waals surface area contributed by atoms with Crippen molar-refractivity contribution >= 4 is 16.8 Å². The van der Waals surface area contributed by atoms with Crippen LogP contribution >= 0.6 is 0 Å². The average Bonchev–Trinajstić information content (AvgIpc) is 3.49. The number of benzene rings is 3. The number of hydrogen-bond acceptors (Lipinski definition) is 5. The molecule has 3 N–H and O–H groups in total. The molecular formula is C27H26N2O5. The van der Waals surface area contributed by atoms with Crippen LogP contribution in [0, 0.1) is 6.92 Å². The van der Waals surface area contributed by atoms with E-state index in [2.05, 4.69) is 10.3 Å². The number of nitrogens with one attached hydrogen (secondary N) is 2. The van der Waals surface area contributed by atoms with Gasteiger partial charge in [0.15, 0.2) is 11.5 Å². The van der Waals surface area contributed by atoms with Crippen molar-refractivity contribution < 1.29 is 24.1 Å². The fourth-order valence-corrected chi connectivity index (χ4v) is 4.45. The molecule has 34 heavy (non-hydrogen) atoms. The minimum absolute atomic E-state index is 0.186. The van der Waals surface area contributed by atoms with Gasteiger partial charge in [0.05, 0.1) is 25.3 Å². The number of ether oxygens (including phenoxy) is 3. The van der Waals surface area contributed by atoms with Gasteiger partial charge in [-0.15, -0.1) is 0 Å². The number of methoxy groups -OCH3 is 1. The number of aliphatic hydroxyl groups excluding tert-OH is 1.